The molecule has 1 saturated heterocycles. The molecule has 1 aliphatic heterocycles. The highest BCUT2D eigenvalue weighted by atomic mass is 19.4. The third-order valence-electron chi connectivity index (χ3n) is 5.09. The normalized spacial score (nSPS) is 14.4. The number of alkyl halides is 3. The number of esters is 1. The van der Waals surface area contributed by atoms with E-state index in [0.717, 1.165) is 12.1 Å². The van der Waals surface area contributed by atoms with Gasteiger partial charge >= 0.3 is 12.1 Å². The highest BCUT2D eigenvalue weighted by molar-refractivity contribution is 5.97. The highest BCUT2D eigenvalue weighted by Crippen LogP contribution is 2.35. The van der Waals surface area contributed by atoms with Crippen LogP contribution < -0.4 is 10.2 Å². The van der Waals surface area contributed by atoms with Crippen LogP contribution in [-0.2, 0) is 20.4 Å². The van der Waals surface area contributed by atoms with Crippen molar-refractivity contribution in [2.24, 2.45) is 0 Å². The summed E-state index contributed by atoms with van der Waals surface area (Å²) in [6, 6.07) is 6.20. The number of ether oxygens (including phenoxy) is 2. The Morgan fingerprint density at radius 1 is 1.15 bits per heavy atom. The van der Waals surface area contributed by atoms with E-state index < -0.39 is 30.2 Å². The van der Waals surface area contributed by atoms with Gasteiger partial charge in [0.05, 0.1) is 35.7 Å². The Labute approximate surface area is 186 Å². The second-order valence-corrected chi connectivity index (χ2v) is 7.35. The summed E-state index contributed by atoms with van der Waals surface area (Å²) in [7, 11) is 0. The topological polar surface area (TPSA) is 98.1 Å². The number of morpholine rings is 1. The summed E-state index contributed by atoms with van der Waals surface area (Å²) < 4.78 is 51.6. The van der Waals surface area contributed by atoms with Gasteiger partial charge < -0.3 is 19.7 Å². The number of fused-ring (bicyclic) bond motifs is 1. The molecule has 0 bridgehead atoms. The van der Waals surface area contributed by atoms with Crippen LogP contribution in [0.15, 0.2) is 36.5 Å². The maximum absolute atomic E-state index is 13.2. The predicted octanol–water partition coefficient (Wildman–Crippen LogP) is 2.69. The number of halogens is 3. The van der Waals surface area contributed by atoms with Crippen molar-refractivity contribution in [2.75, 3.05) is 43.1 Å². The number of aromatic nitrogens is 3. The molecule has 1 aliphatic rings. The summed E-state index contributed by atoms with van der Waals surface area (Å²) in [6.07, 6.45) is -3.09. The minimum Gasteiger partial charge on any atom is -0.452 e. The highest BCUT2D eigenvalue weighted by Gasteiger charge is 2.32. The van der Waals surface area contributed by atoms with Crippen LogP contribution in [0, 0.1) is 6.92 Å². The van der Waals surface area contributed by atoms with Gasteiger partial charge in [0.15, 0.2) is 12.3 Å². The number of carbonyl (C=O) groups is 2. The Kier molecular flexibility index (Phi) is 6.18. The quantitative estimate of drug-likeness (QED) is 0.581. The number of benzene rings is 1. The third-order valence-corrected chi connectivity index (χ3v) is 5.09. The molecule has 1 N–H and O–H groups in total. The maximum Gasteiger partial charge on any atom is 0.416 e. The first-order valence-electron chi connectivity index (χ1n) is 10.0. The number of rotatable bonds is 5. The van der Waals surface area contributed by atoms with Crippen LogP contribution in [0.1, 0.15) is 21.7 Å². The zero-order valence-electron chi connectivity index (χ0n) is 17.6. The van der Waals surface area contributed by atoms with Crippen LogP contribution in [0.5, 0.6) is 0 Å². The maximum atomic E-state index is 13.2. The van der Waals surface area contributed by atoms with Gasteiger partial charge in [-0.2, -0.15) is 13.2 Å². The molecule has 174 valence electrons. The second kappa shape index (κ2) is 9.06. The molecule has 33 heavy (non-hydrogen) atoms. The number of aryl methyl sites for hydroxylation is 1. The Bertz CT molecular complexity index is 1190. The molecule has 1 amide bonds. The molecule has 12 heteroatoms. The minimum absolute atomic E-state index is 0.0192. The Morgan fingerprint density at radius 3 is 2.64 bits per heavy atom. The Balaban J connectivity index is 1.47. The van der Waals surface area contributed by atoms with Crippen molar-refractivity contribution in [3.8, 4) is 0 Å². The third kappa shape index (κ3) is 5.06. The number of amides is 1. The summed E-state index contributed by atoms with van der Waals surface area (Å²) >= 11 is 0. The standard InChI is InChI=1S/C21H20F3N5O4/c1-13-26-27-18-5-2-14(11-29(13)18)20(31)33-12-19(30)25-16-10-15(21(22,23)24)3-4-17(16)28-6-8-32-9-7-28/h2-5,10-11H,6-9,12H2,1H3,(H,25,30). The number of pyridine rings is 1. The molecule has 0 aliphatic carbocycles. The largest absolute Gasteiger partial charge is 0.452 e. The first kappa shape index (κ1) is 22.5. The zero-order valence-corrected chi connectivity index (χ0v) is 17.6. The minimum atomic E-state index is -4.57. The lowest BCUT2D eigenvalue weighted by Crippen LogP contribution is -2.37. The lowest BCUT2D eigenvalue weighted by atomic mass is 10.1. The number of carbonyl (C=O) groups excluding carboxylic acids is 2. The van der Waals surface area contributed by atoms with Crippen molar-refractivity contribution >= 4 is 28.9 Å². The fraction of sp³-hybridized carbons (Fsp3) is 0.333. The number of hydrogen-bond donors (Lipinski definition) is 1. The average Bonchev–Trinajstić information content (AvgIpc) is 3.17. The molecule has 0 atom stereocenters. The van der Waals surface area contributed by atoms with E-state index in [1.807, 2.05) is 4.90 Å². The predicted molar refractivity (Wildman–Crippen MR) is 111 cm³/mol. The molecule has 1 aromatic carbocycles. The van der Waals surface area contributed by atoms with Gasteiger partial charge in [-0.05, 0) is 37.3 Å². The van der Waals surface area contributed by atoms with E-state index >= 15 is 0 Å². The van der Waals surface area contributed by atoms with Crippen LogP contribution in [0.25, 0.3) is 5.65 Å². The Morgan fingerprint density at radius 2 is 1.91 bits per heavy atom. The molecule has 1 fully saturated rings. The van der Waals surface area contributed by atoms with E-state index in [0.29, 0.717) is 43.5 Å². The van der Waals surface area contributed by atoms with Gasteiger partial charge in [-0.15, -0.1) is 10.2 Å². The van der Waals surface area contributed by atoms with Crippen molar-refractivity contribution in [1.29, 1.82) is 0 Å². The first-order valence-corrected chi connectivity index (χ1v) is 10.0. The fourth-order valence-corrected chi connectivity index (χ4v) is 3.42. The van der Waals surface area contributed by atoms with Gasteiger partial charge in [-0.1, -0.05) is 0 Å². The van der Waals surface area contributed by atoms with Crippen molar-refractivity contribution < 1.29 is 32.2 Å². The van der Waals surface area contributed by atoms with Gasteiger partial charge in [-0.25, -0.2) is 4.79 Å². The summed E-state index contributed by atoms with van der Waals surface area (Å²) in [5, 5.41) is 10.2. The second-order valence-electron chi connectivity index (χ2n) is 7.35. The molecule has 3 heterocycles. The molecule has 0 spiro atoms. The van der Waals surface area contributed by atoms with Gasteiger partial charge in [0.1, 0.15) is 5.82 Å². The van der Waals surface area contributed by atoms with E-state index in [9.17, 15) is 22.8 Å². The van der Waals surface area contributed by atoms with Crippen LogP contribution in [0.4, 0.5) is 24.5 Å². The molecular formula is C21H20F3N5O4. The van der Waals surface area contributed by atoms with Gasteiger partial charge in [0, 0.05) is 19.3 Å². The van der Waals surface area contributed by atoms with E-state index in [-0.39, 0.29) is 11.3 Å². The molecule has 0 unspecified atom stereocenters. The van der Waals surface area contributed by atoms with Crippen molar-refractivity contribution in [3.63, 3.8) is 0 Å². The Hall–Kier alpha value is -3.67. The van der Waals surface area contributed by atoms with Crippen LogP contribution in [0.2, 0.25) is 0 Å². The molecule has 3 aromatic rings. The number of anilines is 2. The molecular weight excluding hydrogens is 443 g/mol. The lowest BCUT2D eigenvalue weighted by molar-refractivity contribution is -0.137. The average molecular weight is 463 g/mol. The monoisotopic (exact) mass is 463 g/mol. The summed E-state index contributed by atoms with van der Waals surface area (Å²) in [5.74, 6) is -0.964. The van der Waals surface area contributed by atoms with Crippen molar-refractivity contribution in [2.45, 2.75) is 13.1 Å². The SMILES string of the molecule is Cc1nnc2ccc(C(=O)OCC(=O)Nc3cc(C(F)(F)F)ccc3N3CCOCC3)cn12. The molecule has 4 rings (SSSR count). The van der Waals surface area contributed by atoms with E-state index in [4.69, 9.17) is 9.47 Å². The first-order chi connectivity index (χ1) is 15.7. The van der Waals surface area contributed by atoms with Crippen LogP contribution in [0.3, 0.4) is 0 Å². The van der Waals surface area contributed by atoms with E-state index in [2.05, 4.69) is 15.5 Å². The molecule has 9 nitrogen and oxygen atoms in total. The van der Waals surface area contributed by atoms with E-state index in [1.165, 1.54) is 18.3 Å². The summed E-state index contributed by atoms with van der Waals surface area (Å²) in [5.41, 5.74) is 0.228. The van der Waals surface area contributed by atoms with Gasteiger partial charge in [0.2, 0.25) is 0 Å². The molecule has 0 radical (unpaired) electrons. The zero-order chi connectivity index (χ0) is 23.6. The van der Waals surface area contributed by atoms with Gasteiger partial charge in [0.25, 0.3) is 5.91 Å². The van der Waals surface area contributed by atoms with Crippen molar-refractivity contribution in [3.05, 3.63) is 53.5 Å². The van der Waals surface area contributed by atoms with Gasteiger partial charge in [-0.3, -0.25) is 9.20 Å². The molecule has 2 aromatic heterocycles. The summed E-state index contributed by atoms with van der Waals surface area (Å²) in [4.78, 5) is 26.6. The lowest BCUT2D eigenvalue weighted by Gasteiger charge is -2.31. The van der Waals surface area contributed by atoms with Crippen molar-refractivity contribution in [1.82, 2.24) is 14.6 Å². The number of hydrogen-bond acceptors (Lipinski definition) is 7. The fourth-order valence-electron chi connectivity index (χ4n) is 3.42. The van der Waals surface area contributed by atoms with Crippen LogP contribution >= 0.6 is 0 Å². The smallest absolute Gasteiger partial charge is 0.416 e. The number of nitrogens with one attached hydrogen (secondary N) is 1. The summed E-state index contributed by atoms with van der Waals surface area (Å²) in [6.45, 7) is 2.81. The van der Waals surface area contributed by atoms with E-state index in [1.54, 1.807) is 17.4 Å². The number of nitrogens with zero attached hydrogens (tertiary/aromatic N) is 4. The van der Waals surface area contributed by atoms with Crippen LogP contribution in [-0.4, -0.2) is 59.4 Å². The molecule has 0 saturated carbocycles.